The highest BCUT2D eigenvalue weighted by atomic mass is 19.4. The summed E-state index contributed by atoms with van der Waals surface area (Å²) in [6.45, 7) is 6.35. The fourth-order valence-electron chi connectivity index (χ4n) is 1.45. The van der Waals surface area contributed by atoms with Gasteiger partial charge < -0.3 is 15.5 Å². The first-order chi connectivity index (χ1) is 9.36. The number of hydrogen-bond donors (Lipinski definition) is 2. The van der Waals surface area contributed by atoms with Crippen LogP contribution in [0.25, 0.3) is 0 Å². The van der Waals surface area contributed by atoms with Crippen LogP contribution in [0.15, 0.2) is 6.07 Å². The highest BCUT2D eigenvalue weighted by Crippen LogP contribution is 2.29. The van der Waals surface area contributed by atoms with E-state index in [-0.39, 0.29) is 11.8 Å². The van der Waals surface area contributed by atoms with E-state index in [1.165, 1.54) is 0 Å². The van der Waals surface area contributed by atoms with E-state index in [1.807, 2.05) is 18.9 Å². The van der Waals surface area contributed by atoms with Gasteiger partial charge in [-0.1, -0.05) is 6.92 Å². The molecule has 0 atom stereocenters. The SMILES string of the molecule is CCNc1nc(NCCN(C)CC)cc(C(F)(F)F)n1. The molecule has 0 aliphatic heterocycles. The molecule has 0 aromatic carbocycles. The maximum absolute atomic E-state index is 12.7. The molecule has 0 bridgehead atoms. The van der Waals surface area contributed by atoms with E-state index in [4.69, 9.17) is 0 Å². The number of anilines is 2. The van der Waals surface area contributed by atoms with E-state index in [2.05, 4.69) is 20.6 Å². The first-order valence-corrected chi connectivity index (χ1v) is 6.49. The zero-order chi connectivity index (χ0) is 15.2. The molecule has 0 fully saturated rings. The summed E-state index contributed by atoms with van der Waals surface area (Å²) >= 11 is 0. The molecule has 1 aromatic heterocycles. The fourth-order valence-corrected chi connectivity index (χ4v) is 1.45. The minimum absolute atomic E-state index is 0.0197. The predicted molar refractivity (Wildman–Crippen MR) is 72.9 cm³/mol. The molecule has 0 saturated heterocycles. The number of hydrogen-bond acceptors (Lipinski definition) is 5. The second-order valence-electron chi connectivity index (χ2n) is 4.31. The highest BCUT2D eigenvalue weighted by molar-refractivity contribution is 5.43. The molecular formula is C12H20F3N5. The van der Waals surface area contributed by atoms with Gasteiger partial charge in [0.1, 0.15) is 5.82 Å². The van der Waals surface area contributed by atoms with Crippen LogP contribution in [0.2, 0.25) is 0 Å². The van der Waals surface area contributed by atoms with Crippen molar-refractivity contribution in [3.63, 3.8) is 0 Å². The van der Waals surface area contributed by atoms with Crippen molar-refractivity contribution < 1.29 is 13.2 Å². The third kappa shape index (κ3) is 5.20. The summed E-state index contributed by atoms with van der Waals surface area (Å²) in [7, 11) is 1.94. The standard InChI is InChI=1S/C12H20F3N5/c1-4-16-11-18-9(12(13,14)15)8-10(19-11)17-6-7-20(3)5-2/h8H,4-7H2,1-3H3,(H2,16,17,18,19). The number of nitrogens with one attached hydrogen (secondary N) is 2. The molecule has 8 heteroatoms. The van der Waals surface area contributed by atoms with Crippen LogP contribution in [0, 0.1) is 0 Å². The van der Waals surface area contributed by atoms with Gasteiger partial charge in [0.15, 0.2) is 5.69 Å². The molecule has 114 valence electrons. The molecule has 1 rings (SSSR count). The Bertz CT molecular complexity index is 422. The van der Waals surface area contributed by atoms with Crippen LogP contribution in [-0.2, 0) is 6.18 Å². The summed E-state index contributed by atoms with van der Waals surface area (Å²) in [5.41, 5.74) is -0.949. The molecule has 1 aromatic rings. The van der Waals surface area contributed by atoms with Crippen LogP contribution >= 0.6 is 0 Å². The Morgan fingerprint density at radius 3 is 2.45 bits per heavy atom. The molecular weight excluding hydrogens is 271 g/mol. The smallest absolute Gasteiger partial charge is 0.369 e. The summed E-state index contributed by atoms with van der Waals surface area (Å²) in [5.74, 6) is 0.154. The molecule has 0 aliphatic carbocycles. The number of alkyl halides is 3. The molecule has 0 saturated carbocycles. The molecule has 1 heterocycles. The van der Waals surface area contributed by atoms with Crippen molar-refractivity contribution in [2.24, 2.45) is 0 Å². The number of likely N-dealkylation sites (N-methyl/N-ethyl adjacent to an activating group) is 1. The van der Waals surface area contributed by atoms with E-state index in [0.717, 1.165) is 19.2 Å². The first-order valence-electron chi connectivity index (χ1n) is 6.49. The Kier molecular flexibility index (Phi) is 6.00. The lowest BCUT2D eigenvalue weighted by Crippen LogP contribution is -2.25. The van der Waals surface area contributed by atoms with E-state index < -0.39 is 11.9 Å². The minimum Gasteiger partial charge on any atom is -0.369 e. The Morgan fingerprint density at radius 1 is 1.20 bits per heavy atom. The van der Waals surface area contributed by atoms with Crippen LogP contribution in [0.3, 0.4) is 0 Å². The van der Waals surface area contributed by atoms with Gasteiger partial charge >= 0.3 is 6.18 Å². The molecule has 0 unspecified atom stereocenters. The second-order valence-corrected chi connectivity index (χ2v) is 4.31. The van der Waals surface area contributed by atoms with Gasteiger partial charge in [0.05, 0.1) is 0 Å². The summed E-state index contributed by atoms with van der Waals surface area (Å²) in [5, 5.41) is 5.59. The van der Waals surface area contributed by atoms with E-state index >= 15 is 0 Å². The van der Waals surface area contributed by atoms with Crippen molar-refractivity contribution in [3.8, 4) is 0 Å². The minimum atomic E-state index is -4.48. The van der Waals surface area contributed by atoms with Gasteiger partial charge in [-0.05, 0) is 20.5 Å². The molecule has 0 radical (unpaired) electrons. The maximum atomic E-state index is 12.7. The van der Waals surface area contributed by atoms with Crippen molar-refractivity contribution >= 4 is 11.8 Å². The summed E-state index contributed by atoms with van der Waals surface area (Å²) < 4.78 is 38.2. The molecule has 20 heavy (non-hydrogen) atoms. The lowest BCUT2D eigenvalue weighted by atomic mass is 10.3. The van der Waals surface area contributed by atoms with E-state index in [9.17, 15) is 13.2 Å². The van der Waals surface area contributed by atoms with Crippen LogP contribution < -0.4 is 10.6 Å². The number of rotatable bonds is 7. The van der Waals surface area contributed by atoms with Gasteiger partial charge in [0.2, 0.25) is 5.95 Å². The van der Waals surface area contributed by atoms with Crippen molar-refractivity contribution in [1.29, 1.82) is 0 Å². The van der Waals surface area contributed by atoms with Gasteiger partial charge in [-0.3, -0.25) is 0 Å². The molecule has 2 N–H and O–H groups in total. The highest BCUT2D eigenvalue weighted by Gasteiger charge is 2.33. The van der Waals surface area contributed by atoms with E-state index in [1.54, 1.807) is 6.92 Å². The Hall–Kier alpha value is -1.57. The zero-order valence-corrected chi connectivity index (χ0v) is 11.9. The molecule has 0 amide bonds. The molecule has 0 spiro atoms. The van der Waals surface area contributed by atoms with Gasteiger partial charge in [0.25, 0.3) is 0 Å². The normalized spacial score (nSPS) is 11.8. The second kappa shape index (κ2) is 7.28. The quantitative estimate of drug-likeness (QED) is 0.807. The Labute approximate surface area is 116 Å². The average molecular weight is 291 g/mol. The van der Waals surface area contributed by atoms with Crippen LogP contribution in [0.5, 0.6) is 0 Å². The number of halogens is 3. The fraction of sp³-hybridized carbons (Fsp3) is 0.667. The molecule has 0 aliphatic rings. The topological polar surface area (TPSA) is 53.1 Å². The van der Waals surface area contributed by atoms with Crippen LogP contribution in [0.1, 0.15) is 19.5 Å². The van der Waals surface area contributed by atoms with Gasteiger partial charge in [-0.15, -0.1) is 0 Å². The van der Waals surface area contributed by atoms with Crippen LogP contribution in [-0.4, -0.2) is 48.1 Å². The summed E-state index contributed by atoms with van der Waals surface area (Å²) in [6.07, 6.45) is -4.48. The van der Waals surface area contributed by atoms with Gasteiger partial charge in [-0.2, -0.15) is 18.2 Å². The van der Waals surface area contributed by atoms with Crippen LogP contribution in [0.4, 0.5) is 24.9 Å². The predicted octanol–water partition coefficient (Wildman–Crippen LogP) is 2.29. The lowest BCUT2D eigenvalue weighted by molar-refractivity contribution is -0.141. The largest absolute Gasteiger partial charge is 0.433 e. The maximum Gasteiger partial charge on any atom is 0.433 e. The number of nitrogens with zero attached hydrogens (tertiary/aromatic N) is 3. The van der Waals surface area contributed by atoms with Gasteiger partial charge in [0, 0.05) is 25.7 Å². The van der Waals surface area contributed by atoms with Gasteiger partial charge in [-0.25, -0.2) is 4.98 Å². The zero-order valence-electron chi connectivity index (χ0n) is 11.9. The van der Waals surface area contributed by atoms with Crippen molar-refractivity contribution in [2.45, 2.75) is 20.0 Å². The first kappa shape index (κ1) is 16.5. The monoisotopic (exact) mass is 291 g/mol. The molecule has 5 nitrogen and oxygen atoms in total. The average Bonchev–Trinajstić information content (AvgIpc) is 2.37. The van der Waals surface area contributed by atoms with Crippen molar-refractivity contribution in [2.75, 3.05) is 43.9 Å². The third-order valence-corrected chi connectivity index (χ3v) is 2.69. The van der Waals surface area contributed by atoms with E-state index in [0.29, 0.717) is 13.1 Å². The Morgan fingerprint density at radius 2 is 1.90 bits per heavy atom. The van der Waals surface area contributed by atoms with Crippen molar-refractivity contribution in [3.05, 3.63) is 11.8 Å². The summed E-state index contributed by atoms with van der Waals surface area (Å²) in [4.78, 5) is 9.51. The summed E-state index contributed by atoms with van der Waals surface area (Å²) in [6, 6.07) is 0.923. The van der Waals surface area contributed by atoms with Crippen molar-refractivity contribution in [1.82, 2.24) is 14.9 Å². The number of aromatic nitrogens is 2. The third-order valence-electron chi connectivity index (χ3n) is 2.69. The Balaban J connectivity index is 2.81. The lowest BCUT2D eigenvalue weighted by Gasteiger charge is -2.15.